The van der Waals surface area contributed by atoms with Gasteiger partial charge in [-0.05, 0) is 41.7 Å². The van der Waals surface area contributed by atoms with E-state index in [0.717, 1.165) is 18.7 Å². The number of unbranched alkanes of at least 4 members (excludes halogenated alkanes) is 2. The van der Waals surface area contributed by atoms with E-state index < -0.39 is 0 Å². The van der Waals surface area contributed by atoms with E-state index in [0.29, 0.717) is 0 Å². The van der Waals surface area contributed by atoms with Gasteiger partial charge in [-0.3, -0.25) is 0 Å². The smallest absolute Gasteiger partial charge is 0.0372 e. The van der Waals surface area contributed by atoms with Crippen molar-refractivity contribution in [2.45, 2.75) is 39.5 Å². The van der Waals surface area contributed by atoms with Gasteiger partial charge in [-0.15, -0.1) is 0 Å². The summed E-state index contributed by atoms with van der Waals surface area (Å²) in [6.07, 6.45) is 4.96. The third-order valence-electron chi connectivity index (χ3n) is 4.25. The normalized spacial score (nSPS) is 10.5. The average Bonchev–Trinajstić information content (AvgIpc) is 2.62. The molecule has 0 aliphatic rings. The fourth-order valence-corrected chi connectivity index (χ4v) is 2.76. The zero-order chi connectivity index (χ0) is 16.5. The van der Waals surface area contributed by atoms with Gasteiger partial charge in [0.1, 0.15) is 0 Å². The third-order valence-corrected chi connectivity index (χ3v) is 4.25. The molecule has 0 heterocycles. The highest BCUT2D eigenvalue weighted by atomic mass is 15.1. The highest BCUT2D eigenvalue weighted by Crippen LogP contribution is 2.26. The first kappa shape index (κ1) is 17.3. The molecule has 0 amide bonds. The molecule has 23 heavy (non-hydrogen) atoms. The van der Waals surface area contributed by atoms with Gasteiger partial charge in [-0.25, -0.2) is 0 Å². The van der Waals surface area contributed by atoms with Crippen LogP contribution in [0.5, 0.6) is 0 Å². The van der Waals surface area contributed by atoms with Gasteiger partial charge in [0.25, 0.3) is 0 Å². The van der Waals surface area contributed by atoms with Crippen LogP contribution in [0.25, 0.3) is 5.57 Å². The van der Waals surface area contributed by atoms with Crippen molar-refractivity contribution < 1.29 is 0 Å². The molecule has 2 aromatic carbocycles. The Bertz CT molecular complexity index is 592. The molecule has 0 unspecified atom stereocenters. The van der Waals surface area contributed by atoms with Crippen LogP contribution in [-0.4, -0.2) is 13.1 Å². The molecule has 2 rings (SSSR count). The van der Waals surface area contributed by atoms with E-state index in [9.17, 15) is 0 Å². The summed E-state index contributed by atoms with van der Waals surface area (Å²) in [4.78, 5) is 2.52. The Kier molecular flexibility index (Phi) is 6.93. The van der Waals surface area contributed by atoms with Gasteiger partial charge >= 0.3 is 0 Å². The summed E-state index contributed by atoms with van der Waals surface area (Å²) in [7, 11) is 0. The lowest BCUT2D eigenvalue weighted by Crippen LogP contribution is -2.25. The van der Waals surface area contributed by atoms with Crippen molar-refractivity contribution in [2.24, 2.45) is 0 Å². The van der Waals surface area contributed by atoms with Crippen LogP contribution >= 0.6 is 0 Å². The maximum atomic E-state index is 4.30. The summed E-state index contributed by atoms with van der Waals surface area (Å²) in [6, 6.07) is 19.3. The van der Waals surface area contributed by atoms with Crippen LogP contribution in [0.4, 0.5) is 5.69 Å². The van der Waals surface area contributed by atoms with E-state index in [1.54, 1.807) is 0 Å². The molecule has 122 valence electrons. The first-order valence-electron chi connectivity index (χ1n) is 8.86. The van der Waals surface area contributed by atoms with E-state index in [-0.39, 0.29) is 0 Å². The van der Waals surface area contributed by atoms with Crippen molar-refractivity contribution in [1.29, 1.82) is 0 Å². The summed E-state index contributed by atoms with van der Waals surface area (Å²) >= 11 is 0. The van der Waals surface area contributed by atoms with Gasteiger partial charge in [0, 0.05) is 18.8 Å². The van der Waals surface area contributed by atoms with E-state index in [2.05, 4.69) is 73.9 Å². The topological polar surface area (TPSA) is 3.24 Å². The van der Waals surface area contributed by atoms with Gasteiger partial charge in [-0.2, -0.15) is 0 Å². The second kappa shape index (κ2) is 9.19. The number of hydrogen-bond acceptors (Lipinski definition) is 1. The maximum absolute atomic E-state index is 4.30. The highest BCUT2D eigenvalue weighted by Gasteiger charge is 2.08. The highest BCUT2D eigenvalue weighted by molar-refractivity contribution is 5.79. The Morgan fingerprint density at radius 1 is 0.826 bits per heavy atom. The predicted molar refractivity (Wildman–Crippen MR) is 103 cm³/mol. The minimum atomic E-state index is 1.10. The maximum Gasteiger partial charge on any atom is 0.0372 e. The predicted octanol–water partition coefficient (Wildman–Crippen LogP) is 6.15. The zero-order valence-corrected chi connectivity index (χ0v) is 14.6. The van der Waals surface area contributed by atoms with Crippen molar-refractivity contribution >= 4 is 11.3 Å². The first-order chi connectivity index (χ1) is 11.3. The van der Waals surface area contributed by atoms with Crippen LogP contribution in [0.1, 0.15) is 50.7 Å². The molecule has 1 heteroatoms. The molecular formula is C22H29N. The first-order valence-corrected chi connectivity index (χ1v) is 8.86. The van der Waals surface area contributed by atoms with Crippen LogP contribution in [0.3, 0.4) is 0 Å². The third kappa shape index (κ3) is 4.99. The molecule has 0 saturated carbocycles. The molecule has 0 fully saturated rings. The fourth-order valence-electron chi connectivity index (χ4n) is 2.76. The Hall–Kier alpha value is -2.02. The Morgan fingerprint density at radius 2 is 1.43 bits per heavy atom. The van der Waals surface area contributed by atoms with E-state index in [4.69, 9.17) is 0 Å². The van der Waals surface area contributed by atoms with Gasteiger partial charge in [0.15, 0.2) is 0 Å². The van der Waals surface area contributed by atoms with Crippen molar-refractivity contribution in [3.05, 3.63) is 72.3 Å². The van der Waals surface area contributed by atoms with Crippen LogP contribution in [0.2, 0.25) is 0 Å². The molecule has 0 saturated heterocycles. The lowest BCUT2D eigenvalue weighted by Gasteiger charge is -2.25. The lowest BCUT2D eigenvalue weighted by atomic mass is 9.99. The second-order valence-corrected chi connectivity index (χ2v) is 6.09. The Labute approximate surface area is 141 Å². The molecule has 0 bridgehead atoms. The molecule has 0 aromatic heterocycles. The van der Waals surface area contributed by atoms with Crippen molar-refractivity contribution in [3.8, 4) is 0 Å². The van der Waals surface area contributed by atoms with E-state index >= 15 is 0 Å². The van der Waals surface area contributed by atoms with Crippen molar-refractivity contribution in [3.63, 3.8) is 0 Å². The quantitative estimate of drug-likeness (QED) is 0.536. The SMILES string of the molecule is C=C(c1ccccc1)c1cccc(N(CCCC)CCCC)c1. The number of hydrogen-bond donors (Lipinski definition) is 0. The van der Waals surface area contributed by atoms with Gasteiger partial charge < -0.3 is 4.90 Å². The summed E-state index contributed by atoms with van der Waals surface area (Å²) in [5, 5.41) is 0. The van der Waals surface area contributed by atoms with Crippen molar-refractivity contribution in [2.75, 3.05) is 18.0 Å². The van der Waals surface area contributed by atoms with Crippen LogP contribution < -0.4 is 4.90 Å². The number of benzene rings is 2. The molecule has 0 atom stereocenters. The van der Waals surface area contributed by atoms with Crippen molar-refractivity contribution in [1.82, 2.24) is 0 Å². The summed E-state index contributed by atoms with van der Waals surface area (Å²) in [6.45, 7) is 11.1. The number of anilines is 1. The zero-order valence-electron chi connectivity index (χ0n) is 14.6. The monoisotopic (exact) mass is 307 g/mol. The van der Waals surface area contributed by atoms with Gasteiger partial charge in [0.05, 0.1) is 0 Å². The molecule has 0 N–H and O–H groups in total. The molecule has 0 aliphatic carbocycles. The minimum absolute atomic E-state index is 1.10. The van der Waals surface area contributed by atoms with E-state index in [1.165, 1.54) is 42.5 Å². The molecular weight excluding hydrogens is 278 g/mol. The van der Waals surface area contributed by atoms with Gasteiger partial charge in [0.2, 0.25) is 0 Å². The molecule has 1 nitrogen and oxygen atoms in total. The molecule has 2 aromatic rings. The fraction of sp³-hybridized carbons (Fsp3) is 0.364. The van der Waals surface area contributed by atoms with Crippen LogP contribution in [0.15, 0.2) is 61.2 Å². The van der Waals surface area contributed by atoms with Crippen LogP contribution in [0, 0.1) is 0 Å². The number of rotatable bonds is 9. The minimum Gasteiger partial charge on any atom is -0.372 e. The number of nitrogens with zero attached hydrogens (tertiary/aromatic N) is 1. The molecule has 0 radical (unpaired) electrons. The largest absolute Gasteiger partial charge is 0.372 e. The lowest BCUT2D eigenvalue weighted by molar-refractivity contribution is 0.678. The summed E-state index contributed by atoms with van der Waals surface area (Å²) in [5.41, 5.74) is 4.82. The van der Waals surface area contributed by atoms with Gasteiger partial charge in [-0.1, -0.05) is 75.7 Å². The second-order valence-electron chi connectivity index (χ2n) is 6.09. The Balaban J connectivity index is 2.21. The van der Waals surface area contributed by atoms with Crippen LogP contribution in [-0.2, 0) is 0 Å². The Morgan fingerprint density at radius 3 is 2.04 bits per heavy atom. The standard InChI is InChI=1S/C22H29N/c1-4-6-16-23(17-7-5-2)22-15-11-14-21(18-22)19(3)20-12-9-8-10-13-20/h8-15,18H,3-7,16-17H2,1-2H3. The van der Waals surface area contributed by atoms with E-state index in [1.807, 2.05) is 6.07 Å². The average molecular weight is 307 g/mol. The molecule has 0 spiro atoms. The molecule has 0 aliphatic heterocycles. The summed E-state index contributed by atoms with van der Waals surface area (Å²) < 4.78 is 0. The summed E-state index contributed by atoms with van der Waals surface area (Å²) in [5.74, 6) is 0.